The molecule has 0 spiro atoms. The topological polar surface area (TPSA) is 66.6 Å². The van der Waals surface area contributed by atoms with Crippen LogP contribution in [0.1, 0.15) is 45.4 Å². The van der Waals surface area contributed by atoms with E-state index in [2.05, 4.69) is 6.92 Å². The molecule has 0 bridgehead atoms. The van der Waals surface area contributed by atoms with E-state index in [9.17, 15) is 9.90 Å². The Morgan fingerprint density at radius 1 is 1.41 bits per heavy atom. The highest BCUT2D eigenvalue weighted by molar-refractivity contribution is 5.86. The molecule has 17 heavy (non-hydrogen) atoms. The molecule has 4 heteroatoms. The van der Waals surface area contributed by atoms with Gasteiger partial charge in [-0.1, -0.05) is 26.2 Å². The lowest BCUT2D eigenvalue weighted by Crippen LogP contribution is -2.58. The number of hydrogen-bond donors (Lipinski definition) is 2. The maximum absolute atomic E-state index is 12.5. The fraction of sp³-hybridized carbons (Fsp3) is 0.923. The van der Waals surface area contributed by atoms with E-state index in [1.807, 2.05) is 4.90 Å². The molecule has 3 N–H and O–H groups in total. The van der Waals surface area contributed by atoms with Crippen LogP contribution in [0.3, 0.4) is 0 Å². The summed E-state index contributed by atoms with van der Waals surface area (Å²) in [7, 11) is 0. The lowest BCUT2D eigenvalue weighted by atomic mass is 9.81. The third kappa shape index (κ3) is 2.33. The summed E-state index contributed by atoms with van der Waals surface area (Å²) in [4.78, 5) is 14.4. The van der Waals surface area contributed by atoms with Crippen molar-refractivity contribution in [1.29, 1.82) is 0 Å². The quantitative estimate of drug-likeness (QED) is 0.753. The van der Waals surface area contributed by atoms with Gasteiger partial charge in [-0.25, -0.2) is 0 Å². The van der Waals surface area contributed by atoms with Gasteiger partial charge in [0.1, 0.15) is 0 Å². The molecular weight excluding hydrogens is 216 g/mol. The van der Waals surface area contributed by atoms with E-state index in [4.69, 9.17) is 5.73 Å². The Labute approximate surface area is 103 Å². The first-order valence-electron chi connectivity index (χ1n) is 6.79. The van der Waals surface area contributed by atoms with Crippen LogP contribution in [-0.2, 0) is 4.79 Å². The van der Waals surface area contributed by atoms with Crippen molar-refractivity contribution in [1.82, 2.24) is 4.90 Å². The van der Waals surface area contributed by atoms with Gasteiger partial charge in [-0.2, -0.15) is 0 Å². The van der Waals surface area contributed by atoms with Gasteiger partial charge in [0.2, 0.25) is 5.91 Å². The first-order valence-corrected chi connectivity index (χ1v) is 6.79. The summed E-state index contributed by atoms with van der Waals surface area (Å²) < 4.78 is 0. The molecule has 2 rings (SSSR count). The van der Waals surface area contributed by atoms with Gasteiger partial charge in [0.05, 0.1) is 18.2 Å². The molecule has 1 saturated heterocycles. The second-order valence-electron chi connectivity index (χ2n) is 5.73. The fourth-order valence-electron chi connectivity index (χ4n) is 3.22. The number of hydrogen-bond acceptors (Lipinski definition) is 3. The standard InChI is InChI=1S/C13H24N2O2/c1-10-5-8-15(11(10)9-16)12(17)13(14)6-3-2-4-7-13/h10-11,16H,2-9,14H2,1H3. The number of nitrogens with two attached hydrogens (primary N) is 1. The highest BCUT2D eigenvalue weighted by Crippen LogP contribution is 2.32. The Kier molecular flexibility index (Phi) is 3.73. The first-order chi connectivity index (χ1) is 8.08. The zero-order chi connectivity index (χ0) is 12.5. The van der Waals surface area contributed by atoms with Crippen LogP contribution in [0.4, 0.5) is 0 Å². The van der Waals surface area contributed by atoms with Crippen LogP contribution in [-0.4, -0.2) is 40.6 Å². The number of aliphatic hydroxyl groups excluding tert-OH is 1. The minimum absolute atomic E-state index is 0.0233. The molecule has 0 aromatic heterocycles. The molecule has 1 aliphatic carbocycles. The van der Waals surface area contributed by atoms with Crippen LogP contribution in [0.25, 0.3) is 0 Å². The Balaban J connectivity index is 2.08. The van der Waals surface area contributed by atoms with Crippen molar-refractivity contribution >= 4 is 5.91 Å². The molecule has 0 radical (unpaired) electrons. The van der Waals surface area contributed by atoms with Crippen molar-refractivity contribution in [3.63, 3.8) is 0 Å². The van der Waals surface area contributed by atoms with E-state index in [0.29, 0.717) is 5.92 Å². The van der Waals surface area contributed by atoms with Crippen LogP contribution in [0, 0.1) is 5.92 Å². The molecule has 1 saturated carbocycles. The van der Waals surface area contributed by atoms with Gasteiger partial charge in [-0.05, 0) is 25.2 Å². The predicted octanol–water partition coefficient (Wildman–Crippen LogP) is 0.877. The van der Waals surface area contributed by atoms with E-state index >= 15 is 0 Å². The summed E-state index contributed by atoms with van der Waals surface area (Å²) in [6.45, 7) is 2.91. The van der Waals surface area contributed by atoms with Crippen molar-refractivity contribution in [3.05, 3.63) is 0 Å². The minimum Gasteiger partial charge on any atom is -0.394 e. The molecular formula is C13H24N2O2. The smallest absolute Gasteiger partial charge is 0.242 e. The predicted molar refractivity (Wildman–Crippen MR) is 66.4 cm³/mol. The number of amides is 1. The zero-order valence-corrected chi connectivity index (χ0v) is 10.7. The van der Waals surface area contributed by atoms with E-state index in [-0.39, 0.29) is 18.6 Å². The highest BCUT2D eigenvalue weighted by Gasteiger charge is 2.43. The van der Waals surface area contributed by atoms with Crippen molar-refractivity contribution in [2.45, 2.75) is 57.0 Å². The van der Waals surface area contributed by atoms with Gasteiger partial charge in [-0.15, -0.1) is 0 Å². The van der Waals surface area contributed by atoms with Gasteiger partial charge in [0, 0.05) is 6.54 Å². The number of rotatable bonds is 2. The molecule has 2 fully saturated rings. The van der Waals surface area contributed by atoms with E-state index in [0.717, 1.165) is 38.6 Å². The lowest BCUT2D eigenvalue weighted by molar-refractivity contribution is -0.140. The summed E-state index contributed by atoms with van der Waals surface area (Å²) in [5.41, 5.74) is 5.61. The molecule has 1 aliphatic heterocycles. The average molecular weight is 240 g/mol. The third-order valence-electron chi connectivity index (χ3n) is 4.50. The minimum atomic E-state index is -0.657. The van der Waals surface area contributed by atoms with Crippen LogP contribution in [0.2, 0.25) is 0 Å². The number of likely N-dealkylation sites (tertiary alicyclic amines) is 1. The van der Waals surface area contributed by atoms with E-state index < -0.39 is 5.54 Å². The molecule has 98 valence electrons. The van der Waals surface area contributed by atoms with Gasteiger partial charge in [0.15, 0.2) is 0 Å². The lowest BCUT2D eigenvalue weighted by Gasteiger charge is -2.37. The van der Waals surface area contributed by atoms with E-state index in [1.54, 1.807) is 0 Å². The molecule has 0 aromatic carbocycles. The maximum atomic E-state index is 12.5. The van der Waals surface area contributed by atoms with Crippen molar-refractivity contribution in [3.8, 4) is 0 Å². The van der Waals surface area contributed by atoms with Crippen LogP contribution in [0.5, 0.6) is 0 Å². The molecule has 2 unspecified atom stereocenters. The van der Waals surface area contributed by atoms with Gasteiger partial charge in [0.25, 0.3) is 0 Å². The van der Waals surface area contributed by atoms with Crippen molar-refractivity contribution in [2.75, 3.05) is 13.2 Å². The van der Waals surface area contributed by atoms with Gasteiger partial charge >= 0.3 is 0 Å². The van der Waals surface area contributed by atoms with Gasteiger partial charge in [-0.3, -0.25) is 4.79 Å². The second-order valence-corrected chi connectivity index (χ2v) is 5.73. The Hall–Kier alpha value is -0.610. The first kappa shape index (κ1) is 12.8. The molecule has 1 heterocycles. The van der Waals surface area contributed by atoms with Crippen LogP contribution in [0.15, 0.2) is 0 Å². The third-order valence-corrected chi connectivity index (χ3v) is 4.50. The molecule has 2 aliphatic rings. The summed E-state index contributed by atoms with van der Waals surface area (Å²) in [5.74, 6) is 0.455. The van der Waals surface area contributed by atoms with Crippen LogP contribution < -0.4 is 5.73 Å². The monoisotopic (exact) mass is 240 g/mol. The zero-order valence-electron chi connectivity index (χ0n) is 10.7. The molecule has 0 aromatic rings. The summed E-state index contributed by atoms with van der Waals surface area (Å²) in [6, 6.07) is -0.0233. The fourth-order valence-corrected chi connectivity index (χ4v) is 3.22. The van der Waals surface area contributed by atoms with E-state index in [1.165, 1.54) is 6.42 Å². The number of aliphatic hydroxyl groups is 1. The Morgan fingerprint density at radius 3 is 2.65 bits per heavy atom. The van der Waals surface area contributed by atoms with Gasteiger partial charge < -0.3 is 15.7 Å². The molecule has 4 nitrogen and oxygen atoms in total. The van der Waals surface area contributed by atoms with Crippen LogP contribution >= 0.6 is 0 Å². The Morgan fingerprint density at radius 2 is 2.06 bits per heavy atom. The highest BCUT2D eigenvalue weighted by atomic mass is 16.3. The number of carbonyl (C=O) groups excluding carboxylic acids is 1. The number of nitrogens with zero attached hydrogens (tertiary/aromatic N) is 1. The second kappa shape index (κ2) is 4.94. The number of carbonyl (C=O) groups is 1. The summed E-state index contributed by atoms with van der Waals surface area (Å²) in [6.07, 6.45) is 5.87. The normalized spacial score (nSPS) is 32.8. The SMILES string of the molecule is CC1CCN(C(=O)C2(N)CCCCC2)C1CO. The largest absolute Gasteiger partial charge is 0.394 e. The average Bonchev–Trinajstić information content (AvgIpc) is 2.70. The molecule has 2 atom stereocenters. The molecule has 1 amide bonds. The van der Waals surface area contributed by atoms with Crippen molar-refractivity contribution in [2.24, 2.45) is 11.7 Å². The summed E-state index contributed by atoms with van der Waals surface area (Å²) >= 11 is 0. The summed E-state index contributed by atoms with van der Waals surface area (Å²) in [5, 5.41) is 9.40. The van der Waals surface area contributed by atoms with Crippen molar-refractivity contribution < 1.29 is 9.90 Å². The Bertz CT molecular complexity index is 287. The maximum Gasteiger partial charge on any atom is 0.242 e.